The Morgan fingerprint density at radius 3 is 2.67 bits per heavy atom. The lowest BCUT2D eigenvalue weighted by atomic mass is 9.70. The predicted octanol–water partition coefficient (Wildman–Crippen LogP) is 2.59. The molecule has 3 atom stereocenters. The summed E-state index contributed by atoms with van der Waals surface area (Å²) in [6.07, 6.45) is 5.54. The fraction of sp³-hybridized carbons (Fsp3) is 0.857. The molecule has 0 radical (unpaired) electrons. The van der Waals surface area contributed by atoms with E-state index in [-0.39, 0.29) is 11.6 Å². The molecular weight excluding hydrogens is 226 g/mol. The molecule has 2 amide bonds. The summed E-state index contributed by atoms with van der Waals surface area (Å²) in [6, 6.07) is -0.0337. The zero-order valence-electron chi connectivity index (χ0n) is 11.3. The highest BCUT2D eigenvalue weighted by atomic mass is 16.2. The summed E-state index contributed by atoms with van der Waals surface area (Å²) in [7, 11) is 0. The molecule has 4 heteroatoms. The van der Waals surface area contributed by atoms with E-state index in [1.165, 1.54) is 12.8 Å². The minimum absolute atomic E-state index is 0.0337. The molecule has 3 rings (SSSR count). The van der Waals surface area contributed by atoms with Gasteiger partial charge in [0.15, 0.2) is 0 Å². The van der Waals surface area contributed by atoms with Crippen LogP contribution in [0.2, 0.25) is 0 Å². The average Bonchev–Trinajstić information content (AvgIpc) is 3.10. The summed E-state index contributed by atoms with van der Waals surface area (Å²) in [5.41, 5.74) is -0.300. The number of carbonyl (C=O) groups excluding carboxylic acids is 1. The first-order valence-corrected chi connectivity index (χ1v) is 7.20. The highest BCUT2D eigenvalue weighted by molar-refractivity contribution is 6.08. The zero-order chi connectivity index (χ0) is 12.9. The van der Waals surface area contributed by atoms with Crippen molar-refractivity contribution in [3.8, 4) is 0 Å². The summed E-state index contributed by atoms with van der Waals surface area (Å²) < 4.78 is 0. The second kappa shape index (κ2) is 3.97. The van der Waals surface area contributed by atoms with Gasteiger partial charge in [-0.15, -0.1) is 0 Å². The number of amidine groups is 1. The van der Waals surface area contributed by atoms with E-state index in [1.807, 2.05) is 4.90 Å². The van der Waals surface area contributed by atoms with Gasteiger partial charge in [0.25, 0.3) is 0 Å². The molecule has 2 aliphatic carbocycles. The molecule has 0 aromatic carbocycles. The maximum absolute atomic E-state index is 12.1. The third-order valence-corrected chi connectivity index (χ3v) is 5.24. The van der Waals surface area contributed by atoms with E-state index < -0.39 is 0 Å². The van der Waals surface area contributed by atoms with Gasteiger partial charge in [-0.05, 0) is 49.9 Å². The molecule has 4 nitrogen and oxygen atoms in total. The lowest BCUT2D eigenvalue weighted by Crippen LogP contribution is -2.54. The smallest absolute Gasteiger partial charge is 0.311 e. The van der Waals surface area contributed by atoms with Crippen molar-refractivity contribution in [1.82, 2.24) is 10.2 Å². The third kappa shape index (κ3) is 1.73. The van der Waals surface area contributed by atoms with Crippen LogP contribution in [0.1, 0.15) is 46.0 Å². The van der Waals surface area contributed by atoms with Gasteiger partial charge in [-0.25, -0.2) is 4.79 Å². The van der Waals surface area contributed by atoms with Crippen LogP contribution in [-0.4, -0.2) is 28.9 Å². The zero-order valence-corrected chi connectivity index (χ0v) is 11.3. The van der Waals surface area contributed by atoms with Crippen LogP contribution in [0.4, 0.5) is 4.79 Å². The summed E-state index contributed by atoms with van der Waals surface area (Å²) in [6.45, 7) is 5.41. The Kier molecular flexibility index (Phi) is 2.65. The standard InChI is InChI=1S/C14H23N3O/c1-9-5-6-14(7-10(9)2)12(15)16-13(18)17(14)8-11-3-4-11/h9-11H,3-8H2,1-2H3,(H2,15,16,18). The molecule has 3 aliphatic rings. The molecule has 3 unspecified atom stereocenters. The topological polar surface area (TPSA) is 56.2 Å². The Morgan fingerprint density at radius 1 is 1.33 bits per heavy atom. The largest absolute Gasteiger partial charge is 0.323 e. The first-order valence-electron chi connectivity index (χ1n) is 7.20. The van der Waals surface area contributed by atoms with E-state index in [2.05, 4.69) is 19.2 Å². The number of nitrogens with zero attached hydrogens (tertiary/aromatic N) is 1. The van der Waals surface area contributed by atoms with E-state index in [0.717, 1.165) is 25.8 Å². The molecular formula is C14H23N3O. The second-order valence-corrected chi connectivity index (χ2v) is 6.59. The Bertz CT molecular complexity index is 391. The summed E-state index contributed by atoms with van der Waals surface area (Å²) in [5.74, 6) is 2.44. The fourth-order valence-corrected chi connectivity index (χ4v) is 3.50. The molecule has 1 saturated heterocycles. The van der Waals surface area contributed by atoms with Gasteiger partial charge in [0.05, 0.1) is 0 Å². The number of carbonyl (C=O) groups is 1. The first kappa shape index (κ1) is 12.0. The van der Waals surface area contributed by atoms with Crippen LogP contribution in [0, 0.1) is 23.2 Å². The minimum Gasteiger partial charge on any atom is -0.311 e. The van der Waals surface area contributed by atoms with E-state index in [1.54, 1.807) is 0 Å². The quantitative estimate of drug-likeness (QED) is 0.776. The SMILES string of the molecule is CC1CCC2(CC1C)C(=N)NC(=O)N2CC1CC1. The van der Waals surface area contributed by atoms with Crippen molar-refractivity contribution >= 4 is 11.9 Å². The second-order valence-electron chi connectivity index (χ2n) is 6.59. The Morgan fingerprint density at radius 2 is 2.06 bits per heavy atom. The van der Waals surface area contributed by atoms with Crippen LogP contribution in [0.5, 0.6) is 0 Å². The van der Waals surface area contributed by atoms with Crippen LogP contribution in [0.25, 0.3) is 0 Å². The Balaban J connectivity index is 1.85. The Labute approximate surface area is 109 Å². The van der Waals surface area contributed by atoms with Gasteiger partial charge in [0.2, 0.25) is 0 Å². The molecule has 0 aromatic heterocycles. The number of urea groups is 1. The number of hydrogen-bond donors (Lipinski definition) is 2. The van der Waals surface area contributed by atoms with Gasteiger partial charge in [-0.2, -0.15) is 0 Å². The molecule has 1 heterocycles. The van der Waals surface area contributed by atoms with Crippen LogP contribution < -0.4 is 5.32 Å². The normalized spacial score (nSPS) is 40.4. The minimum atomic E-state index is -0.300. The van der Waals surface area contributed by atoms with Gasteiger partial charge >= 0.3 is 6.03 Å². The molecule has 1 spiro atoms. The van der Waals surface area contributed by atoms with Crippen molar-refractivity contribution in [1.29, 1.82) is 5.41 Å². The third-order valence-electron chi connectivity index (χ3n) is 5.24. The number of amides is 2. The molecule has 0 aromatic rings. The van der Waals surface area contributed by atoms with Crippen molar-refractivity contribution in [2.45, 2.75) is 51.5 Å². The summed E-state index contributed by atoms with van der Waals surface area (Å²) in [4.78, 5) is 14.1. The highest BCUT2D eigenvalue weighted by Gasteiger charge is 2.53. The molecule has 1 aliphatic heterocycles. The molecule has 3 fully saturated rings. The molecule has 100 valence electrons. The Hall–Kier alpha value is -1.06. The number of hydrogen-bond acceptors (Lipinski definition) is 2. The predicted molar refractivity (Wildman–Crippen MR) is 70.6 cm³/mol. The average molecular weight is 249 g/mol. The summed E-state index contributed by atoms with van der Waals surface area (Å²) in [5, 5.41) is 11.0. The van der Waals surface area contributed by atoms with E-state index in [4.69, 9.17) is 5.41 Å². The highest BCUT2D eigenvalue weighted by Crippen LogP contribution is 2.44. The maximum atomic E-state index is 12.1. The van der Waals surface area contributed by atoms with Crippen LogP contribution in [0.3, 0.4) is 0 Å². The van der Waals surface area contributed by atoms with Gasteiger partial charge in [0.1, 0.15) is 11.4 Å². The molecule has 18 heavy (non-hydrogen) atoms. The molecule has 0 bridgehead atoms. The summed E-state index contributed by atoms with van der Waals surface area (Å²) >= 11 is 0. The van der Waals surface area contributed by atoms with Gasteiger partial charge < -0.3 is 4.90 Å². The van der Waals surface area contributed by atoms with Gasteiger partial charge in [-0.3, -0.25) is 10.7 Å². The van der Waals surface area contributed by atoms with E-state index >= 15 is 0 Å². The fourth-order valence-electron chi connectivity index (χ4n) is 3.50. The monoisotopic (exact) mass is 249 g/mol. The van der Waals surface area contributed by atoms with E-state index in [0.29, 0.717) is 23.6 Å². The first-order chi connectivity index (χ1) is 8.53. The van der Waals surface area contributed by atoms with Crippen molar-refractivity contribution in [2.75, 3.05) is 6.54 Å². The number of rotatable bonds is 2. The number of nitrogens with one attached hydrogen (secondary N) is 2. The van der Waals surface area contributed by atoms with Crippen LogP contribution in [-0.2, 0) is 0 Å². The van der Waals surface area contributed by atoms with E-state index in [9.17, 15) is 4.79 Å². The molecule has 2 N–H and O–H groups in total. The van der Waals surface area contributed by atoms with Crippen molar-refractivity contribution < 1.29 is 4.79 Å². The van der Waals surface area contributed by atoms with Crippen molar-refractivity contribution in [2.24, 2.45) is 17.8 Å². The van der Waals surface area contributed by atoms with Gasteiger partial charge in [-0.1, -0.05) is 13.8 Å². The van der Waals surface area contributed by atoms with Crippen LogP contribution in [0.15, 0.2) is 0 Å². The van der Waals surface area contributed by atoms with Crippen molar-refractivity contribution in [3.05, 3.63) is 0 Å². The maximum Gasteiger partial charge on any atom is 0.323 e. The lowest BCUT2D eigenvalue weighted by molar-refractivity contribution is 0.100. The molecule has 2 saturated carbocycles. The van der Waals surface area contributed by atoms with Crippen molar-refractivity contribution in [3.63, 3.8) is 0 Å². The van der Waals surface area contributed by atoms with Gasteiger partial charge in [0, 0.05) is 6.54 Å². The van der Waals surface area contributed by atoms with Crippen LogP contribution >= 0.6 is 0 Å². The lowest BCUT2D eigenvalue weighted by Gasteiger charge is -2.44.